The standard InChI is InChI=1S/C3H10O3P.C2H6N2S/c1-5-7(3,4)6-2;1-4-2(3)5/h4H,1-3H3;1H3,(H3,3,4,5)/q+1;. The number of rotatable bonds is 2. The number of nitrogens with one attached hydrogen (secondary N) is 1. The first-order valence-electron chi connectivity index (χ1n) is 3.07. The normalized spacial score (nSPS) is 9.75. The second kappa shape index (κ2) is 7.64. The highest BCUT2D eigenvalue weighted by molar-refractivity contribution is 7.80. The lowest BCUT2D eigenvalue weighted by Gasteiger charge is -2.04. The van der Waals surface area contributed by atoms with Crippen LogP contribution < -0.4 is 11.1 Å². The van der Waals surface area contributed by atoms with Gasteiger partial charge in [0, 0.05) is 7.05 Å². The average molecular weight is 215 g/mol. The third-order valence-corrected chi connectivity index (χ3v) is 2.48. The lowest BCUT2D eigenvalue weighted by molar-refractivity contribution is 0.247. The van der Waals surface area contributed by atoms with Crippen molar-refractivity contribution in [3.8, 4) is 0 Å². The number of hydrogen-bond donors (Lipinski definition) is 3. The summed E-state index contributed by atoms with van der Waals surface area (Å²) < 4.78 is 9.06. The van der Waals surface area contributed by atoms with Gasteiger partial charge in [-0.25, -0.2) is 0 Å². The van der Waals surface area contributed by atoms with Gasteiger partial charge in [-0.2, -0.15) is 13.9 Å². The van der Waals surface area contributed by atoms with Crippen molar-refractivity contribution in [1.82, 2.24) is 5.32 Å². The minimum atomic E-state index is -2.40. The quantitative estimate of drug-likeness (QED) is 0.448. The topological polar surface area (TPSA) is 76.7 Å². The van der Waals surface area contributed by atoms with Gasteiger partial charge >= 0.3 is 7.94 Å². The van der Waals surface area contributed by atoms with E-state index < -0.39 is 7.94 Å². The molecule has 0 fully saturated rings. The molecular formula is C5H16N2O3PS+. The first kappa shape index (κ1) is 14.5. The Balaban J connectivity index is 0. The zero-order chi connectivity index (χ0) is 10.2. The van der Waals surface area contributed by atoms with Crippen molar-refractivity contribution in [3.63, 3.8) is 0 Å². The third-order valence-electron chi connectivity index (χ3n) is 0.924. The van der Waals surface area contributed by atoms with Crippen molar-refractivity contribution < 1.29 is 13.9 Å². The summed E-state index contributed by atoms with van der Waals surface area (Å²) in [5, 5.41) is 2.88. The third kappa shape index (κ3) is 12.7. The molecule has 0 aliphatic carbocycles. The van der Waals surface area contributed by atoms with Crippen LogP contribution in [0, 0.1) is 0 Å². The van der Waals surface area contributed by atoms with Crippen molar-refractivity contribution in [2.45, 2.75) is 0 Å². The van der Waals surface area contributed by atoms with Crippen molar-refractivity contribution >= 4 is 25.3 Å². The molecule has 0 saturated heterocycles. The van der Waals surface area contributed by atoms with E-state index in [2.05, 4.69) is 26.6 Å². The minimum Gasteiger partial charge on any atom is -0.376 e. The Morgan fingerprint density at radius 2 is 1.75 bits per heavy atom. The lowest BCUT2D eigenvalue weighted by atomic mass is 11.1. The summed E-state index contributed by atoms with van der Waals surface area (Å²) in [4.78, 5) is 8.80. The molecule has 7 heteroatoms. The molecule has 0 aromatic rings. The second-order valence-electron chi connectivity index (χ2n) is 1.78. The van der Waals surface area contributed by atoms with Gasteiger partial charge in [0.2, 0.25) is 0 Å². The van der Waals surface area contributed by atoms with Crippen LogP contribution in [0.2, 0.25) is 0 Å². The molecule has 5 nitrogen and oxygen atoms in total. The van der Waals surface area contributed by atoms with Gasteiger partial charge in [-0.15, -0.1) is 0 Å². The molecule has 0 spiro atoms. The molecule has 0 aromatic heterocycles. The van der Waals surface area contributed by atoms with Gasteiger partial charge in [-0.1, -0.05) is 0 Å². The van der Waals surface area contributed by atoms with E-state index in [1.165, 1.54) is 20.9 Å². The Morgan fingerprint density at radius 1 is 1.50 bits per heavy atom. The highest BCUT2D eigenvalue weighted by Crippen LogP contribution is 2.50. The molecule has 0 aliphatic rings. The summed E-state index contributed by atoms with van der Waals surface area (Å²) in [7, 11) is 2.11. The van der Waals surface area contributed by atoms with E-state index in [-0.39, 0.29) is 0 Å². The Hall–Kier alpha value is -0.0000000000000000416. The smallest absolute Gasteiger partial charge is 0.376 e. The molecule has 0 rings (SSSR count). The van der Waals surface area contributed by atoms with E-state index in [0.29, 0.717) is 5.11 Å². The predicted octanol–water partition coefficient (Wildman–Crippen LogP) is 0.113. The van der Waals surface area contributed by atoms with E-state index in [1.807, 2.05) is 0 Å². The van der Waals surface area contributed by atoms with Gasteiger partial charge in [-0.3, -0.25) is 0 Å². The maximum absolute atomic E-state index is 8.80. The Kier molecular flexibility index (Phi) is 9.24. The van der Waals surface area contributed by atoms with Crippen LogP contribution in [0.1, 0.15) is 0 Å². The fraction of sp³-hybridized carbons (Fsp3) is 0.800. The number of thiocarbonyl (C=S) groups is 1. The molecule has 0 radical (unpaired) electrons. The maximum atomic E-state index is 8.80. The fourth-order valence-corrected chi connectivity index (χ4v) is 0.224. The molecule has 0 amide bonds. The molecule has 12 heavy (non-hydrogen) atoms. The molecular weight excluding hydrogens is 199 g/mol. The van der Waals surface area contributed by atoms with Crippen LogP contribution in [0.3, 0.4) is 0 Å². The largest absolute Gasteiger partial charge is 0.405 e. The average Bonchev–Trinajstić information content (AvgIpc) is 2.05. The van der Waals surface area contributed by atoms with Crippen LogP contribution in [0.15, 0.2) is 0 Å². The Labute approximate surface area is 78.8 Å². The second-order valence-corrected chi connectivity index (χ2v) is 4.56. The summed E-state index contributed by atoms with van der Waals surface area (Å²) in [5.41, 5.74) is 4.91. The van der Waals surface area contributed by atoms with Crippen molar-refractivity contribution in [2.24, 2.45) is 5.73 Å². The van der Waals surface area contributed by atoms with Gasteiger partial charge in [0.25, 0.3) is 0 Å². The Morgan fingerprint density at radius 3 is 1.75 bits per heavy atom. The lowest BCUT2D eigenvalue weighted by Crippen LogP contribution is -2.24. The summed E-state index contributed by atoms with van der Waals surface area (Å²) in [5.74, 6) is 0. The summed E-state index contributed by atoms with van der Waals surface area (Å²) in [6.07, 6.45) is 0. The van der Waals surface area contributed by atoms with E-state index >= 15 is 0 Å². The van der Waals surface area contributed by atoms with Crippen molar-refractivity contribution in [2.75, 3.05) is 27.9 Å². The van der Waals surface area contributed by atoms with Crippen molar-refractivity contribution in [1.29, 1.82) is 0 Å². The van der Waals surface area contributed by atoms with Gasteiger partial charge < -0.3 is 11.1 Å². The summed E-state index contributed by atoms with van der Waals surface area (Å²) >= 11 is 4.36. The van der Waals surface area contributed by atoms with E-state index in [0.717, 1.165) is 0 Å². The van der Waals surface area contributed by atoms with Crippen LogP contribution in [0.5, 0.6) is 0 Å². The SMILES string of the molecule is CNC(N)=S.CO[P+](C)(O)OC. The first-order valence-corrected chi connectivity index (χ1v) is 5.50. The van der Waals surface area contributed by atoms with Crippen molar-refractivity contribution in [3.05, 3.63) is 0 Å². The van der Waals surface area contributed by atoms with Gasteiger partial charge in [0.15, 0.2) is 5.11 Å². The molecule has 0 atom stereocenters. The highest BCUT2D eigenvalue weighted by atomic mass is 32.1. The van der Waals surface area contributed by atoms with E-state index in [1.54, 1.807) is 7.05 Å². The monoisotopic (exact) mass is 215 g/mol. The molecule has 74 valence electrons. The molecule has 0 heterocycles. The molecule has 0 unspecified atom stereocenters. The molecule has 0 aliphatic heterocycles. The van der Waals surface area contributed by atoms with E-state index in [9.17, 15) is 0 Å². The fourth-order valence-electron chi connectivity index (χ4n) is 0.0745. The summed E-state index contributed by atoms with van der Waals surface area (Å²) in [6, 6.07) is 0. The molecule has 0 saturated carbocycles. The zero-order valence-electron chi connectivity index (χ0n) is 7.70. The van der Waals surface area contributed by atoms with E-state index in [4.69, 9.17) is 10.6 Å². The van der Waals surface area contributed by atoms with Crippen LogP contribution in [0.4, 0.5) is 0 Å². The molecule has 0 aromatic carbocycles. The van der Waals surface area contributed by atoms with Crippen LogP contribution in [-0.4, -0.2) is 37.9 Å². The van der Waals surface area contributed by atoms with Crippen LogP contribution in [0.25, 0.3) is 0 Å². The van der Waals surface area contributed by atoms with Gasteiger partial charge in [-0.05, 0) is 12.2 Å². The highest BCUT2D eigenvalue weighted by Gasteiger charge is 2.28. The Bertz CT molecular complexity index is 128. The minimum absolute atomic E-state index is 0.338. The molecule has 4 N–H and O–H groups in total. The zero-order valence-corrected chi connectivity index (χ0v) is 9.41. The predicted molar refractivity (Wildman–Crippen MR) is 54.9 cm³/mol. The van der Waals surface area contributed by atoms with Crippen LogP contribution >= 0.6 is 20.2 Å². The molecule has 0 bridgehead atoms. The van der Waals surface area contributed by atoms with Gasteiger partial charge in [0.1, 0.15) is 6.66 Å². The number of nitrogens with two attached hydrogens (primary N) is 1. The summed E-state index contributed by atoms with van der Waals surface area (Å²) in [6.45, 7) is 1.52. The maximum Gasteiger partial charge on any atom is 0.405 e. The number of hydrogen-bond acceptors (Lipinski definition) is 4. The first-order chi connectivity index (χ1) is 5.39. The van der Waals surface area contributed by atoms with Gasteiger partial charge in [0.05, 0.1) is 14.2 Å². The van der Waals surface area contributed by atoms with Crippen LogP contribution in [-0.2, 0) is 9.05 Å².